The summed E-state index contributed by atoms with van der Waals surface area (Å²) in [6, 6.07) is 9.11. The smallest absolute Gasteiger partial charge is 0.416 e. The Bertz CT molecular complexity index is 625. The van der Waals surface area contributed by atoms with Crippen molar-refractivity contribution in [1.29, 1.82) is 0 Å². The highest BCUT2D eigenvalue weighted by molar-refractivity contribution is 5.47. The van der Waals surface area contributed by atoms with E-state index in [1.165, 1.54) is 31.4 Å². The molecule has 6 heteroatoms. The van der Waals surface area contributed by atoms with Gasteiger partial charge in [-0.25, -0.2) is 4.39 Å². The molecule has 0 aliphatic carbocycles. The molecule has 21 heavy (non-hydrogen) atoms. The first-order valence-corrected chi connectivity index (χ1v) is 6.13. The lowest BCUT2D eigenvalue weighted by Crippen LogP contribution is -2.07. The largest absolute Gasteiger partial charge is 0.497 e. The summed E-state index contributed by atoms with van der Waals surface area (Å²) in [5.41, 5.74) is -0.129. The molecule has 0 fully saturated rings. The lowest BCUT2D eigenvalue weighted by molar-refractivity contribution is -0.137. The molecule has 2 aromatic rings. The lowest BCUT2D eigenvalue weighted by Gasteiger charge is -2.11. The van der Waals surface area contributed by atoms with Gasteiger partial charge < -0.3 is 10.1 Å². The van der Waals surface area contributed by atoms with Crippen LogP contribution in [-0.4, -0.2) is 7.11 Å². The molecule has 2 rings (SSSR count). The van der Waals surface area contributed by atoms with E-state index >= 15 is 0 Å². The highest BCUT2D eigenvalue weighted by Gasteiger charge is 2.30. The van der Waals surface area contributed by atoms with Gasteiger partial charge >= 0.3 is 6.18 Å². The number of hydrogen-bond acceptors (Lipinski definition) is 2. The molecule has 0 aliphatic rings. The maximum atomic E-state index is 13.7. The first-order valence-electron chi connectivity index (χ1n) is 6.13. The van der Waals surface area contributed by atoms with E-state index in [0.29, 0.717) is 11.3 Å². The van der Waals surface area contributed by atoms with Crippen LogP contribution in [-0.2, 0) is 12.7 Å². The monoisotopic (exact) mass is 299 g/mol. The summed E-state index contributed by atoms with van der Waals surface area (Å²) in [4.78, 5) is 0. The van der Waals surface area contributed by atoms with Gasteiger partial charge in [-0.05, 0) is 24.3 Å². The molecular formula is C15H13F4NO. The zero-order chi connectivity index (χ0) is 15.5. The Morgan fingerprint density at radius 2 is 1.86 bits per heavy atom. The Kier molecular flexibility index (Phi) is 4.35. The fraction of sp³-hybridized carbons (Fsp3) is 0.200. The molecule has 2 aromatic carbocycles. The third-order valence-corrected chi connectivity index (χ3v) is 2.93. The van der Waals surface area contributed by atoms with Gasteiger partial charge in [0.05, 0.1) is 12.7 Å². The lowest BCUT2D eigenvalue weighted by atomic mass is 10.1. The highest BCUT2D eigenvalue weighted by atomic mass is 19.4. The van der Waals surface area contributed by atoms with Gasteiger partial charge in [0.1, 0.15) is 11.6 Å². The Morgan fingerprint density at radius 3 is 2.48 bits per heavy atom. The van der Waals surface area contributed by atoms with Gasteiger partial charge in [0.2, 0.25) is 0 Å². The molecule has 0 spiro atoms. The highest BCUT2D eigenvalue weighted by Crippen LogP contribution is 2.30. The molecule has 0 bridgehead atoms. The first-order chi connectivity index (χ1) is 9.90. The third kappa shape index (κ3) is 3.87. The molecule has 112 valence electrons. The number of anilines is 1. The SMILES string of the molecule is COc1ccc(CNc2cccc(C(F)(F)F)c2)c(F)c1. The number of hydrogen-bond donors (Lipinski definition) is 1. The Hall–Kier alpha value is -2.24. The van der Waals surface area contributed by atoms with Crippen LogP contribution in [0.1, 0.15) is 11.1 Å². The van der Waals surface area contributed by atoms with Gasteiger partial charge in [-0.1, -0.05) is 12.1 Å². The molecule has 0 aromatic heterocycles. The van der Waals surface area contributed by atoms with Gasteiger partial charge in [0, 0.05) is 23.9 Å². The fourth-order valence-corrected chi connectivity index (χ4v) is 1.80. The number of methoxy groups -OCH3 is 1. The average molecular weight is 299 g/mol. The number of alkyl halides is 3. The maximum Gasteiger partial charge on any atom is 0.416 e. The van der Waals surface area contributed by atoms with Crippen LogP contribution in [0.15, 0.2) is 42.5 Å². The average Bonchev–Trinajstić information content (AvgIpc) is 2.45. The molecule has 0 unspecified atom stereocenters. The van der Waals surface area contributed by atoms with Crippen molar-refractivity contribution in [3.05, 3.63) is 59.4 Å². The van der Waals surface area contributed by atoms with Crippen molar-refractivity contribution in [3.8, 4) is 5.75 Å². The van der Waals surface area contributed by atoms with E-state index in [-0.39, 0.29) is 12.2 Å². The summed E-state index contributed by atoms with van der Waals surface area (Å²) in [5.74, 6) is -0.0934. The van der Waals surface area contributed by atoms with Crippen molar-refractivity contribution in [2.45, 2.75) is 12.7 Å². The molecule has 0 aliphatic heterocycles. The van der Waals surface area contributed by atoms with Crippen LogP contribution in [0.2, 0.25) is 0 Å². The van der Waals surface area contributed by atoms with Gasteiger partial charge in [0.25, 0.3) is 0 Å². The number of benzene rings is 2. The van der Waals surface area contributed by atoms with Crippen LogP contribution in [0, 0.1) is 5.82 Å². The molecular weight excluding hydrogens is 286 g/mol. The zero-order valence-electron chi connectivity index (χ0n) is 11.2. The maximum absolute atomic E-state index is 13.7. The van der Waals surface area contributed by atoms with Crippen LogP contribution in [0.5, 0.6) is 5.75 Å². The summed E-state index contributed by atoms with van der Waals surface area (Å²) in [5, 5.41) is 2.77. The van der Waals surface area contributed by atoms with E-state index in [9.17, 15) is 17.6 Å². The fourth-order valence-electron chi connectivity index (χ4n) is 1.80. The molecule has 0 radical (unpaired) electrons. The Balaban J connectivity index is 2.10. The number of rotatable bonds is 4. The van der Waals surface area contributed by atoms with E-state index in [1.54, 1.807) is 6.07 Å². The predicted octanol–water partition coefficient (Wildman–Crippen LogP) is 4.47. The van der Waals surface area contributed by atoms with Gasteiger partial charge in [0.15, 0.2) is 0 Å². The quantitative estimate of drug-likeness (QED) is 0.841. The van der Waals surface area contributed by atoms with Gasteiger partial charge in [-0.2, -0.15) is 13.2 Å². The minimum absolute atomic E-state index is 0.0805. The van der Waals surface area contributed by atoms with Crippen LogP contribution in [0.4, 0.5) is 23.2 Å². The zero-order valence-corrected chi connectivity index (χ0v) is 11.2. The van der Waals surface area contributed by atoms with Crippen LogP contribution < -0.4 is 10.1 Å². The molecule has 1 N–H and O–H groups in total. The summed E-state index contributed by atoms with van der Waals surface area (Å²) >= 11 is 0. The van der Waals surface area contributed by atoms with E-state index in [4.69, 9.17) is 4.74 Å². The van der Waals surface area contributed by atoms with E-state index in [1.807, 2.05) is 0 Å². The molecule has 0 atom stereocenters. The van der Waals surface area contributed by atoms with E-state index in [2.05, 4.69) is 5.32 Å². The Morgan fingerprint density at radius 1 is 1.10 bits per heavy atom. The Labute approximate surface area is 119 Å². The first kappa shape index (κ1) is 15.2. The topological polar surface area (TPSA) is 21.3 Å². The summed E-state index contributed by atoms with van der Waals surface area (Å²) in [6.45, 7) is 0.0805. The molecule has 0 amide bonds. The minimum atomic E-state index is -4.40. The molecule has 0 saturated heterocycles. The van der Waals surface area contributed by atoms with E-state index < -0.39 is 17.6 Å². The summed E-state index contributed by atoms with van der Waals surface area (Å²) in [7, 11) is 1.43. The number of halogens is 4. The van der Waals surface area contributed by atoms with E-state index in [0.717, 1.165) is 12.1 Å². The van der Waals surface area contributed by atoms with Crippen LogP contribution in [0.3, 0.4) is 0 Å². The second kappa shape index (κ2) is 6.03. The third-order valence-electron chi connectivity index (χ3n) is 2.93. The predicted molar refractivity (Wildman–Crippen MR) is 71.7 cm³/mol. The van der Waals surface area contributed by atoms with Crippen molar-refractivity contribution in [1.82, 2.24) is 0 Å². The van der Waals surface area contributed by atoms with Crippen LogP contribution in [0.25, 0.3) is 0 Å². The molecule has 0 saturated carbocycles. The van der Waals surface area contributed by atoms with Gasteiger partial charge in [-0.15, -0.1) is 0 Å². The van der Waals surface area contributed by atoms with Crippen LogP contribution >= 0.6 is 0 Å². The standard InChI is InChI=1S/C15H13F4NO/c1-21-13-6-5-10(14(16)8-13)9-20-12-4-2-3-11(7-12)15(17,18)19/h2-8,20H,9H2,1H3. The summed E-state index contributed by atoms with van der Waals surface area (Å²) in [6.07, 6.45) is -4.40. The number of ether oxygens (including phenoxy) is 1. The molecule has 2 nitrogen and oxygen atoms in total. The van der Waals surface area contributed by atoms with Crippen molar-refractivity contribution >= 4 is 5.69 Å². The van der Waals surface area contributed by atoms with Crippen molar-refractivity contribution in [2.24, 2.45) is 0 Å². The second-order valence-corrected chi connectivity index (χ2v) is 4.39. The van der Waals surface area contributed by atoms with Gasteiger partial charge in [-0.3, -0.25) is 0 Å². The van der Waals surface area contributed by atoms with Crippen molar-refractivity contribution < 1.29 is 22.3 Å². The van der Waals surface area contributed by atoms with Crippen molar-refractivity contribution in [3.63, 3.8) is 0 Å². The van der Waals surface area contributed by atoms with Crippen molar-refractivity contribution in [2.75, 3.05) is 12.4 Å². The number of nitrogens with one attached hydrogen (secondary N) is 1. The normalized spacial score (nSPS) is 11.3. The summed E-state index contributed by atoms with van der Waals surface area (Å²) < 4.78 is 56.3. The minimum Gasteiger partial charge on any atom is -0.497 e. The second-order valence-electron chi connectivity index (χ2n) is 4.39. The molecule has 0 heterocycles.